The summed E-state index contributed by atoms with van der Waals surface area (Å²) in [6.07, 6.45) is 0. The molecule has 1 atom stereocenters. The third-order valence-corrected chi connectivity index (χ3v) is 0.469. The Morgan fingerprint density at radius 3 is 1.71 bits per heavy atom. The van der Waals surface area contributed by atoms with Crippen molar-refractivity contribution in [1.82, 2.24) is 0 Å². The van der Waals surface area contributed by atoms with Gasteiger partial charge in [0.2, 0.25) is 0 Å². The van der Waals surface area contributed by atoms with Crippen molar-refractivity contribution in [3.05, 3.63) is 0 Å². The fraction of sp³-hybridized carbons (Fsp3) is 1.00. The van der Waals surface area contributed by atoms with E-state index in [9.17, 15) is 4.57 Å². The third-order valence-electron chi connectivity index (χ3n) is 0.156. The molecule has 0 bridgehead atoms. The normalized spacial score (nSPS) is 8.00. The molecule has 0 fully saturated rings. The first-order valence-electron chi connectivity index (χ1n) is 0.973. The van der Waals surface area contributed by atoms with Crippen LogP contribution in [0.4, 0.5) is 0 Å². The lowest BCUT2D eigenvalue weighted by atomic mass is 11.8. The molecule has 0 saturated heterocycles. The SMILES string of the molecule is CO[P+](=O)O.Cl.Cl. The molecule has 6 heteroatoms. The van der Waals surface area contributed by atoms with E-state index in [-0.39, 0.29) is 24.8 Å². The quantitative estimate of drug-likeness (QED) is 0.596. The number of halogens is 2. The van der Waals surface area contributed by atoms with Gasteiger partial charge in [0.05, 0.1) is 7.11 Å². The zero-order chi connectivity index (χ0) is 4.28. The minimum Gasteiger partial charge on any atom is -0.147 e. The molecule has 0 aromatic rings. The predicted molar refractivity (Wildman–Crippen MR) is 31.3 cm³/mol. The second-order valence-electron chi connectivity index (χ2n) is 0.420. The highest BCUT2D eigenvalue weighted by molar-refractivity contribution is 7.32. The van der Waals surface area contributed by atoms with E-state index in [4.69, 9.17) is 4.89 Å². The monoisotopic (exact) mass is 167 g/mol. The van der Waals surface area contributed by atoms with Gasteiger partial charge < -0.3 is 0 Å². The summed E-state index contributed by atoms with van der Waals surface area (Å²) in [6.45, 7) is 0. The Kier molecular flexibility index (Phi) is 21.9. The van der Waals surface area contributed by atoms with Crippen molar-refractivity contribution >= 4 is 33.1 Å². The molecule has 0 aliphatic carbocycles. The number of hydrogen-bond donors (Lipinski definition) is 1. The Morgan fingerprint density at radius 1 is 1.57 bits per heavy atom. The smallest absolute Gasteiger partial charge is 0.147 e. The Bertz CT molecular complexity index is 48.2. The maximum absolute atomic E-state index is 9.29. The molecule has 0 aromatic heterocycles. The predicted octanol–water partition coefficient (Wildman–Crippen LogP) is 1.13. The molecule has 1 unspecified atom stereocenters. The summed E-state index contributed by atoms with van der Waals surface area (Å²) in [6, 6.07) is 0. The van der Waals surface area contributed by atoms with Crippen molar-refractivity contribution in [3.63, 3.8) is 0 Å². The molecule has 3 nitrogen and oxygen atoms in total. The molecule has 0 amide bonds. The van der Waals surface area contributed by atoms with Crippen molar-refractivity contribution in [2.24, 2.45) is 0 Å². The van der Waals surface area contributed by atoms with Crippen LogP contribution in [0.2, 0.25) is 0 Å². The molecular formula is CH6Cl2O3P+. The van der Waals surface area contributed by atoms with Gasteiger partial charge in [-0.1, -0.05) is 0 Å². The fourth-order valence-electron chi connectivity index (χ4n) is 0. The Balaban J connectivity index is -0.0000000800. The highest BCUT2D eigenvalue weighted by Gasteiger charge is 2.02. The molecule has 0 spiro atoms. The van der Waals surface area contributed by atoms with E-state index in [1.165, 1.54) is 7.11 Å². The molecule has 46 valence electrons. The van der Waals surface area contributed by atoms with Crippen LogP contribution in [0.5, 0.6) is 0 Å². The molecule has 0 saturated carbocycles. The molecule has 0 aliphatic rings. The summed E-state index contributed by atoms with van der Waals surface area (Å²) in [5.74, 6) is 0. The minimum atomic E-state index is -2.35. The second kappa shape index (κ2) is 9.78. The van der Waals surface area contributed by atoms with Crippen LogP contribution >= 0.6 is 33.1 Å². The second-order valence-corrected chi connectivity index (χ2v) is 1.26. The average molecular weight is 168 g/mol. The van der Waals surface area contributed by atoms with Crippen molar-refractivity contribution in [1.29, 1.82) is 0 Å². The molecule has 0 aromatic carbocycles. The van der Waals surface area contributed by atoms with E-state index < -0.39 is 8.25 Å². The van der Waals surface area contributed by atoms with Crippen molar-refractivity contribution in [2.45, 2.75) is 0 Å². The fourth-order valence-corrected chi connectivity index (χ4v) is 0. The van der Waals surface area contributed by atoms with Gasteiger partial charge in [0.1, 0.15) is 0 Å². The summed E-state index contributed by atoms with van der Waals surface area (Å²) in [7, 11) is -1.18. The first-order chi connectivity index (χ1) is 2.27. The summed E-state index contributed by atoms with van der Waals surface area (Å²) in [5, 5.41) is 0. The van der Waals surface area contributed by atoms with Gasteiger partial charge in [-0.15, -0.1) is 34.2 Å². The Hall–Kier alpha value is 0.600. The average Bonchev–Trinajstić information content (AvgIpc) is 1.38. The van der Waals surface area contributed by atoms with Crippen molar-refractivity contribution in [2.75, 3.05) is 7.11 Å². The van der Waals surface area contributed by atoms with Crippen LogP contribution < -0.4 is 0 Å². The van der Waals surface area contributed by atoms with Gasteiger partial charge in [-0.25, -0.2) is 0 Å². The first kappa shape index (κ1) is 15.6. The molecule has 0 heterocycles. The highest BCUT2D eigenvalue weighted by atomic mass is 35.5. The van der Waals surface area contributed by atoms with Crippen LogP contribution in [0.25, 0.3) is 0 Å². The molecule has 0 aliphatic heterocycles. The minimum absolute atomic E-state index is 0. The van der Waals surface area contributed by atoms with Gasteiger partial charge in [0.25, 0.3) is 0 Å². The summed E-state index contributed by atoms with van der Waals surface area (Å²) in [5.41, 5.74) is 0. The summed E-state index contributed by atoms with van der Waals surface area (Å²) < 4.78 is 13.1. The van der Waals surface area contributed by atoms with Crippen LogP contribution in [0.15, 0.2) is 0 Å². The molecule has 0 rings (SSSR count). The van der Waals surface area contributed by atoms with Crippen LogP contribution in [-0.4, -0.2) is 12.0 Å². The van der Waals surface area contributed by atoms with Crippen LogP contribution in [0, 0.1) is 0 Å². The van der Waals surface area contributed by atoms with Gasteiger partial charge >= 0.3 is 8.25 Å². The molecule has 7 heavy (non-hydrogen) atoms. The molecule has 1 N–H and O–H groups in total. The van der Waals surface area contributed by atoms with Gasteiger partial charge in [-0.3, -0.25) is 0 Å². The van der Waals surface area contributed by atoms with Gasteiger partial charge in [-0.05, 0) is 0 Å². The third kappa shape index (κ3) is 20.7. The maximum atomic E-state index is 9.29. The van der Waals surface area contributed by atoms with Gasteiger partial charge in [-0.2, -0.15) is 0 Å². The van der Waals surface area contributed by atoms with Crippen LogP contribution in [0.1, 0.15) is 0 Å². The number of rotatable bonds is 1. The van der Waals surface area contributed by atoms with E-state index in [0.717, 1.165) is 0 Å². The zero-order valence-corrected chi connectivity index (χ0v) is 6.05. The highest BCUT2D eigenvalue weighted by Crippen LogP contribution is 2.09. The lowest BCUT2D eigenvalue weighted by Crippen LogP contribution is -1.57. The molecular weight excluding hydrogens is 162 g/mol. The van der Waals surface area contributed by atoms with Crippen molar-refractivity contribution < 1.29 is 14.0 Å². The summed E-state index contributed by atoms with van der Waals surface area (Å²) >= 11 is 0. The molecule has 0 radical (unpaired) electrons. The van der Waals surface area contributed by atoms with E-state index in [0.29, 0.717) is 0 Å². The van der Waals surface area contributed by atoms with Crippen LogP contribution in [0.3, 0.4) is 0 Å². The van der Waals surface area contributed by atoms with E-state index in [2.05, 4.69) is 4.52 Å². The standard InChI is InChI=1S/CH3O3P.2ClH/c1-4-5(2)3;;/h1H3;2*1H/p+1. The van der Waals surface area contributed by atoms with Crippen molar-refractivity contribution in [3.8, 4) is 0 Å². The van der Waals surface area contributed by atoms with Gasteiger partial charge in [0.15, 0.2) is 0 Å². The lowest BCUT2D eigenvalue weighted by Gasteiger charge is -1.55. The lowest BCUT2D eigenvalue weighted by molar-refractivity contribution is 0.343. The zero-order valence-electron chi connectivity index (χ0n) is 3.53. The van der Waals surface area contributed by atoms with Crippen LogP contribution in [-0.2, 0) is 9.09 Å². The van der Waals surface area contributed by atoms with E-state index in [1.54, 1.807) is 0 Å². The Labute approximate surface area is 54.8 Å². The van der Waals surface area contributed by atoms with E-state index >= 15 is 0 Å². The Morgan fingerprint density at radius 2 is 1.71 bits per heavy atom. The van der Waals surface area contributed by atoms with Gasteiger partial charge in [0, 0.05) is 4.57 Å². The largest absolute Gasteiger partial charge is 0.694 e. The summed E-state index contributed by atoms with van der Waals surface area (Å²) in [4.78, 5) is 7.65. The number of hydrogen-bond acceptors (Lipinski definition) is 2. The topological polar surface area (TPSA) is 46.5 Å². The first-order valence-corrected chi connectivity index (χ1v) is 2.10. The van der Waals surface area contributed by atoms with E-state index in [1.807, 2.05) is 0 Å². The maximum Gasteiger partial charge on any atom is 0.694 e.